The molecule has 0 saturated carbocycles. The first-order valence-electron chi connectivity index (χ1n) is 8.96. The molecule has 3 aromatic rings. The summed E-state index contributed by atoms with van der Waals surface area (Å²) in [4.78, 5) is 24.0. The molecule has 1 heterocycles. The van der Waals surface area contributed by atoms with Gasteiger partial charge in [0.25, 0.3) is 5.91 Å². The van der Waals surface area contributed by atoms with Crippen molar-refractivity contribution in [3.8, 4) is 22.6 Å². The molecular formula is C22H18N2O5. The summed E-state index contributed by atoms with van der Waals surface area (Å²) in [7, 11) is 0. The third-order valence-electron chi connectivity index (χ3n) is 4.34. The van der Waals surface area contributed by atoms with E-state index in [2.05, 4.69) is 10.9 Å². The average Bonchev–Trinajstić information content (AvgIpc) is 3.24. The van der Waals surface area contributed by atoms with Crippen LogP contribution in [0, 0.1) is 0 Å². The number of amides is 2. The fraction of sp³-hybridized carbons (Fsp3) is 0.0909. The van der Waals surface area contributed by atoms with Crippen LogP contribution in [0.1, 0.15) is 15.9 Å². The predicted octanol–water partition coefficient (Wildman–Crippen LogP) is 3.65. The topological polar surface area (TPSA) is 85.9 Å². The van der Waals surface area contributed by atoms with Gasteiger partial charge in [0.05, 0.1) is 0 Å². The lowest BCUT2D eigenvalue weighted by Gasteiger charge is -2.09. The molecule has 29 heavy (non-hydrogen) atoms. The zero-order chi connectivity index (χ0) is 20.1. The number of rotatable bonds is 4. The van der Waals surface area contributed by atoms with Crippen LogP contribution < -0.4 is 20.3 Å². The van der Waals surface area contributed by atoms with Crippen LogP contribution in [0.25, 0.3) is 11.1 Å². The van der Waals surface area contributed by atoms with Gasteiger partial charge in [-0.25, -0.2) is 10.2 Å². The van der Waals surface area contributed by atoms with Gasteiger partial charge in [0, 0.05) is 5.56 Å². The van der Waals surface area contributed by atoms with Crippen LogP contribution in [0.4, 0.5) is 4.79 Å². The van der Waals surface area contributed by atoms with Gasteiger partial charge in [-0.3, -0.25) is 10.2 Å². The number of fused-ring (bicyclic) bond motifs is 1. The van der Waals surface area contributed by atoms with Crippen molar-refractivity contribution in [2.75, 3.05) is 6.79 Å². The zero-order valence-electron chi connectivity index (χ0n) is 15.4. The molecule has 7 nitrogen and oxygen atoms in total. The summed E-state index contributed by atoms with van der Waals surface area (Å²) in [5.74, 6) is 0.826. The second kappa shape index (κ2) is 8.35. The lowest BCUT2D eigenvalue weighted by atomic mass is 10.0. The lowest BCUT2D eigenvalue weighted by molar-refractivity contribution is 0.0905. The largest absolute Gasteiger partial charge is 0.454 e. The summed E-state index contributed by atoms with van der Waals surface area (Å²) in [5, 5.41) is 0. The second-order valence-electron chi connectivity index (χ2n) is 6.29. The highest BCUT2D eigenvalue weighted by Gasteiger charge is 2.14. The predicted molar refractivity (Wildman–Crippen MR) is 105 cm³/mol. The minimum atomic E-state index is -0.767. The maximum Gasteiger partial charge on any atom is 0.426 e. The number of hydrazine groups is 1. The van der Waals surface area contributed by atoms with Crippen molar-refractivity contribution >= 4 is 12.0 Å². The minimum absolute atomic E-state index is 0.0319. The van der Waals surface area contributed by atoms with Gasteiger partial charge in [-0.2, -0.15) is 0 Å². The van der Waals surface area contributed by atoms with Gasteiger partial charge in [-0.1, -0.05) is 48.5 Å². The molecule has 0 spiro atoms. The molecule has 4 rings (SSSR count). The zero-order valence-corrected chi connectivity index (χ0v) is 15.4. The summed E-state index contributed by atoms with van der Waals surface area (Å²) >= 11 is 0. The van der Waals surface area contributed by atoms with E-state index < -0.39 is 12.0 Å². The Labute approximate surface area is 167 Å². The van der Waals surface area contributed by atoms with Gasteiger partial charge in [-0.15, -0.1) is 0 Å². The maximum absolute atomic E-state index is 12.2. The lowest BCUT2D eigenvalue weighted by Crippen LogP contribution is -2.41. The van der Waals surface area contributed by atoms with Crippen LogP contribution in [-0.4, -0.2) is 18.8 Å². The molecule has 0 aromatic heterocycles. The minimum Gasteiger partial charge on any atom is -0.454 e. The first-order chi connectivity index (χ1) is 14.2. The molecule has 1 aliphatic rings. The van der Waals surface area contributed by atoms with Gasteiger partial charge in [0.2, 0.25) is 6.79 Å². The first kappa shape index (κ1) is 18.4. The monoisotopic (exact) mass is 390 g/mol. The summed E-state index contributed by atoms with van der Waals surface area (Å²) in [6, 6.07) is 22.2. The standard InChI is InChI=1S/C22H18N2O5/c25-21(18-9-7-17(8-10-18)16-4-2-1-3-5-16)23-24-22(26)27-13-15-6-11-19-20(12-15)29-14-28-19/h1-12H,13-14H2,(H,23,25)(H,24,26). The van der Waals surface area contributed by atoms with E-state index in [1.807, 2.05) is 42.5 Å². The molecule has 0 saturated heterocycles. The van der Waals surface area contributed by atoms with Gasteiger partial charge in [-0.05, 0) is 41.0 Å². The summed E-state index contributed by atoms with van der Waals surface area (Å²) in [6.45, 7) is 0.211. The molecule has 3 aromatic carbocycles. The molecule has 0 unspecified atom stereocenters. The number of carbonyl (C=O) groups is 2. The summed E-state index contributed by atoms with van der Waals surface area (Å²) < 4.78 is 15.6. The Bertz CT molecular complexity index is 1020. The number of benzene rings is 3. The molecule has 146 valence electrons. The fourth-order valence-corrected chi connectivity index (χ4v) is 2.84. The van der Waals surface area contributed by atoms with Gasteiger partial charge < -0.3 is 14.2 Å². The number of ether oxygens (including phenoxy) is 3. The highest BCUT2D eigenvalue weighted by atomic mass is 16.7. The molecule has 0 bridgehead atoms. The van der Waals surface area contributed by atoms with E-state index >= 15 is 0 Å². The van der Waals surface area contributed by atoms with Crippen molar-refractivity contribution in [2.45, 2.75) is 6.61 Å². The molecule has 0 radical (unpaired) electrons. The normalized spacial score (nSPS) is 11.6. The van der Waals surface area contributed by atoms with Crippen LogP contribution in [0.5, 0.6) is 11.5 Å². The van der Waals surface area contributed by atoms with Crippen LogP contribution in [-0.2, 0) is 11.3 Å². The Morgan fingerprint density at radius 2 is 1.55 bits per heavy atom. The number of hydrogen-bond donors (Lipinski definition) is 2. The Morgan fingerprint density at radius 3 is 2.34 bits per heavy atom. The van der Waals surface area contributed by atoms with Crippen LogP contribution >= 0.6 is 0 Å². The van der Waals surface area contributed by atoms with Crippen LogP contribution in [0.2, 0.25) is 0 Å². The van der Waals surface area contributed by atoms with E-state index in [9.17, 15) is 9.59 Å². The molecular weight excluding hydrogens is 372 g/mol. The van der Waals surface area contributed by atoms with Crippen molar-refractivity contribution in [3.05, 3.63) is 83.9 Å². The molecule has 7 heteroatoms. The molecule has 0 aliphatic carbocycles. The Kier molecular flexibility index (Phi) is 5.29. The quantitative estimate of drug-likeness (QED) is 0.664. The van der Waals surface area contributed by atoms with E-state index in [0.717, 1.165) is 16.7 Å². The van der Waals surface area contributed by atoms with Crippen molar-refractivity contribution in [1.29, 1.82) is 0 Å². The Hall–Kier alpha value is -4.00. The Morgan fingerprint density at radius 1 is 0.828 bits per heavy atom. The van der Waals surface area contributed by atoms with E-state index in [-0.39, 0.29) is 13.4 Å². The van der Waals surface area contributed by atoms with Crippen molar-refractivity contribution in [1.82, 2.24) is 10.9 Å². The first-order valence-corrected chi connectivity index (χ1v) is 8.96. The van der Waals surface area contributed by atoms with E-state index in [1.165, 1.54) is 0 Å². The van der Waals surface area contributed by atoms with Crippen molar-refractivity contribution in [3.63, 3.8) is 0 Å². The van der Waals surface area contributed by atoms with E-state index in [0.29, 0.717) is 17.1 Å². The van der Waals surface area contributed by atoms with Crippen LogP contribution in [0.3, 0.4) is 0 Å². The summed E-state index contributed by atoms with van der Waals surface area (Å²) in [6.07, 6.45) is -0.767. The Balaban J connectivity index is 1.26. The summed E-state index contributed by atoms with van der Waals surface area (Å²) in [5.41, 5.74) is 7.78. The molecule has 2 amide bonds. The van der Waals surface area contributed by atoms with Gasteiger partial charge >= 0.3 is 6.09 Å². The molecule has 0 fully saturated rings. The van der Waals surface area contributed by atoms with Crippen molar-refractivity contribution in [2.24, 2.45) is 0 Å². The average molecular weight is 390 g/mol. The third-order valence-corrected chi connectivity index (χ3v) is 4.34. The van der Waals surface area contributed by atoms with Crippen molar-refractivity contribution < 1.29 is 23.8 Å². The second-order valence-corrected chi connectivity index (χ2v) is 6.29. The third kappa shape index (κ3) is 4.47. The molecule has 0 atom stereocenters. The van der Waals surface area contributed by atoms with Crippen LogP contribution in [0.15, 0.2) is 72.8 Å². The smallest absolute Gasteiger partial charge is 0.426 e. The number of nitrogens with one attached hydrogen (secondary N) is 2. The SMILES string of the molecule is O=C(NNC(=O)c1ccc(-c2ccccc2)cc1)OCc1ccc2c(c1)OCO2. The van der Waals surface area contributed by atoms with Gasteiger partial charge in [0.15, 0.2) is 11.5 Å². The van der Waals surface area contributed by atoms with Gasteiger partial charge in [0.1, 0.15) is 6.61 Å². The number of hydrogen-bond acceptors (Lipinski definition) is 5. The highest BCUT2D eigenvalue weighted by Crippen LogP contribution is 2.32. The fourth-order valence-electron chi connectivity index (χ4n) is 2.84. The molecule has 1 aliphatic heterocycles. The number of carbonyl (C=O) groups excluding carboxylic acids is 2. The maximum atomic E-state index is 12.2. The highest BCUT2D eigenvalue weighted by molar-refractivity contribution is 5.95. The molecule has 2 N–H and O–H groups in total. The van der Waals surface area contributed by atoms with E-state index in [4.69, 9.17) is 14.2 Å². The van der Waals surface area contributed by atoms with E-state index in [1.54, 1.807) is 30.3 Å².